The third kappa shape index (κ3) is 6.46. The van der Waals surface area contributed by atoms with E-state index < -0.39 is 18.0 Å². The maximum absolute atomic E-state index is 11.5. The van der Waals surface area contributed by atoms with Crippen LogP contribution in [0.3, 0.4) is 0 Å². The monoisotopic (exact) mass is 240 g/mol. The predicted molar refractivity (Wildman–Crippen MR) is 65.5 cm³/mol. The van der Waals surface area contributed by atoms with Gasteiger partial charge in [0.1, 0.15) is 6.04 Å². The number of hydrogen-bond acceptors (Lipinski definition) is 2. The normalized spacial score (nSPS) is 13.6. The first kappa shape index (κ1) is 15.3. The van der Waals surface area contributed by atoms with E-state index >= 15 is 0 Å². The fraction of sp³-hybridized carbons (Fsp3) is 0.667. The number of rotatable bonds is 6. The van der Waals surface area contributed by atoms with Crippen LogP contribution in [-0.2, 0) is 4.79 Å². The van der Waals surface area contributed by atoms with Gasteiger partial charge in [0.05, 0.1) is 6.04 Å². The second-order valence-corrected chi connectivity index (χ2v) is 4.27. The van der Waals surface area contributed by atoms with Crippen molar-refractivity contribution in [3.63, 3.8) is 0 Å². The number of carboxylic acid groups (broad SMARTS) is 1. The van der Waals surface area contributed by atoms with E-state index in [-0.39, 0.29) is 12.0 Å². The first-order valence-corrected chi connectivity index (χ1v) is 5.66. The van der Waals surface area contributed by atoms with Crippen molar-refractivity contribution in [1.82, 2.24) is 10.6 Å². The molecular formula is C12H20N2O3. The molecule has 0 aromatic carbocycles. The minimum Gasteiger partial charge on any atom is -0.480 e. The molecule has 0 spiro atoms. The van der Waals surface area contributed by atoms with Gasteiger partial charge in [-0.05, 0) is 18.8 Å². The Labute approximate surface area is 102 Å². The lowest BCUT2D eigenvalue weighted by Crippen LogP contribution is -2.49. The molecular weight excluding hydrogens is 220 g/mol. The Bertz CT molecular complexity index is 307. The summed E-state index contributed by atoms with van der Waals surface area (Å²) in [5.41, 5.74) is 0. The van der Waals surface area contributed by atoms with Gasteiger partial charge in [-0.15, -0.1) is 6.42 Å². The molecule has 0 fully saturated rings. The molecule has 5 heteroatoms. The summed E-state index contributed by atoms with van der Waals surface area (Å²) in [6, 6.07) is -1.79. The second kappa shape index (κ2) is 7.55. The van der Waals surface area contributed by atoms with Gasteiger partial charge in [-0.1, -0.05) is 26.7 Å². The number of carbonyl (C=O) groups excluding carboxylic acids is 1. The largest absolute Gasteiger partial charge is 0.480 e. The van der Waals surface area contributed by atoms with Crippen molar-refractivity contribution < 1.29 is 14.7 Å². The van der Waals surface area contributed by atoms with E-state index in [4.69, 9.17) is 11.5 Å². The molecule has 0 saturated heterocycles. The standard InChI is InChI=1S/C12H20N2O3/c1-5-9(6-2)13-12(17)14-10(11(15)16)7-8(3)4/h1,8-10H,6-7H2,2-4H3,(H,15,16)(H2,13,14,17)/t9?,10-/m1/s1. The minimum atomic E-state index is -1.04. The molecule has 3 N–H and O–H groups in total. The van der Waals surface area contributed by atoms with Crippen molar-refractivity contribution in [2.24, 2.45) is 5.92 Å². The van der Waals surface area contributed by atoms with Gasteiger partial charge in [0, 0.05) is 0 Å². The zero-order valence-corrected chi connectivity index (χ0v) is 10.5. The summed E-state index contributed by atoms with van der Waals surface area (Å²) in [6.45, 7) is 5.63. The lowest BCUT2D eigenvalue weighted by Gasteiger charge is -2.18. The van der Waals surface area contributed by atoms with Gasteiger partial charge >= 0.3 is 12.0 Å². The molecule has 0 aliphatic carbocycles. The SMILES string of the molecule is C#CC(CC)NC(=O)N[C@H](CC(C)C)C(=O)O. The van der Waals surface area contributed by atoms with Crippen LogP contribution in [0.25, 0.3) is 0 Å². The van der Waals surface area contributed by atoms with Crippen LogP contribution in [0, 0.1) is 18.3 Å². The number of hydrogen-bond donors (Lipinski definition) is 3. The smallest absolute Gasteiger partial charge is 0.326 e. The summed E-state index contributed by atoms with van der Waals surface area (Å²) >= 11 is 0. The van der Waals surface area contributed by atoms with E-state index in [1.807, 2.05) is 20.8 Å². The molecule has 0 rings (SSSR count). The van der Waals surface area contributed by atoms with Crippen LogP contribution in [0.4, 0.5) is 4.79 Å². The Morgan fingerprint density at radius 3 is 2.29 bits per heavy atom. The van der Waals surface area contributed by atoms with E-state index in [2.05, 4.69) is 16.6 Å². The number of amides is 2. The maximum atomic E-state index is 11.5. The predicted octanol–water partition coefficient (Wildman–Crippen LogP) is 1.20. The average Bonchev–Trinajstić information content (AvgIpc) is 2.24. The van der Waals surface area contributed by atoms with Crippen LogP contribution in [0.1, 0.15) is 33.6 Å². The van der Waals surface area contributed by atoms with E-state index in [0.717, 1.165) is 0 Å². The molecule has 2 atom stereocenters. The molecule has 5 nitrogen and oxygen atoms in total. The van der Waals surface area contributed by atoms with Crippen LogP contribution in [0.5, 0.6) is 0 Å². The second-order valence-electron chi connectivity index (χ2n) is 4.27. The van der Waals surface area contributed by atoms with E-state index in [1.165, 1.54) is 0 Å². The quantitative estimate of drug-likeness (QED) is 0.610. The topological polar surface area (TPSA) is 78.4 Å². The molecule has 0 aromatic heterocycles. The Morgan fingerprint density at radius 1 is 1.35 bits per heavy atom. The van der Waals surface area contributed by atoms with Gasteiger partial charge in [-0.3, -0.25) is 0 Å². The molecule has 17 heavy (non-hydrogen) atoms. The molecule has 1 unspecified atom stereocenters. The summed E-state index contributed by atoms with van der Waals surface area (Å²) in [5, 5.41) is 13.9. The van der Waals surface area contributed by atoms with Crippen molar-refractivity contribution in [1.29, 1.82) is 0 Å². The van der Waals surface area contributed by atoms with E-state index in [0.29, 0.717) is 12.8 Å². The number of nitrogens with one attached hydrogen (secondary N) is 2. The summed E-state index contributed by atoms with van der Waals surface area (Å²) in [4.78, 5) is 22.4. The third-order valence-corrected chi connectivity index (χ3v) is 2.23. The summed E-state index contributed by atoms with van der Waals surface area (Å²) in [5.74, 6) is 1.55. The molecule has 0 aliphatic rings. The Kier molecular flexibility index (Phi) is 6.80. The molecule has 0 aromatic rings. The van der Waals surface area contributed by atoms with Gasteiger partial charge in [0.2, 0.25) is 0 Å². The Hall–Kier alpha value is -1.70. The molecule has 0 aliphatic heterocycles. The highest BCUT2D eigenvalue weighted by Crippen LogP contribution is 2.04. The zero-order chi connectivity index (χ0) is 13.4. The van der Waals surface area contributed by atoms with Crippen LogP contribution in [-0.4, -0.2) is 29.2 Å². The van der Waals surface area contributed by atoms with Crippen molar-refractivity contribution in [2.45, 2.75) is 45.7 Å². The third-order valence-electron chi connectivity index (χ3n) is 2.23. The first-order valence-electron chi connectivity index (χ1n) is 5.66. The van der Waals surface area contributed by atoms with Crippen LogP contribution in [0.15, 0.2) is 0 Å². The van der Waals surface area contributed by atoms with Crippen molar-refractivity contribution in [3.05, 3.63) is 0 Å². The number of carbonyl (C=O) groups is 2. The Balaban J connectivity index is 4.32. The molecule has 2 amide bonds. The van der Waals surface area contributed by atoms with Crippen molar-refractivity contribution in [2.75, 3.05) is 0 Å². The lowest BCUT2D eigenvalue weighted by atomic mass is 10.0. The van der Waals surface area contributed by atoms with Gasteiger partial charge in [0.25, 0.3) is 0 Å². The fourth-order valence-electron chi connectivity index (χ4n) is 1.31. The number of urea groups is 1. The van der Waals surface area contributed by atoms with Gasteiger partial charge in [-0.2, -0.15) is 0 Å². The van der Waals surface area contributed by atoms with Crippen molar-refractivity contribution >= 4 is 12.0 Å². The number of carboxylic acids is 1. The van der Waals surface area contributed by atoms with Gasteiger partial charge in [-0.25, -0.2) is 9.59 Å². The molecule has 96 valence electrons. The van der Waals surface area contributed by atoms with E-state index in [9.17, 15) is 9.59 Å². The van der Waals surface area contributed by atoms with Gasteiger partial charge < -0.3 is 15.7 Å². The maximum Gasteiger partial charge on any atom is 0.326 e. The average molecular weight is 240 g/mol. The molecule has 0 saturated carbocycles. The van der Waals surface area contributed by atoms with Crippen LogP contribution < -0.4 is 10.6 Å². The summed E-state index contributed by atoms with van der Waals surface area (Å²) in [6.07, 6.45) is 6.18. The highest BCUT2D eigenvalue weighted by molar-refractivity contribution is 5.82. The minimum absolute atomic E-state index is 0.186. The molecule has 0 radical (unpaired) electrons. The summed E-state index contributed by atoms with van der Waals surface area (Å²) in [7, 11) is 0. The van der Waals surface area contributed by atoms with Crippen molar-refractivity contribution in [3.8, 4) is 12.3 Å². The Morgan fingerprint density at radius 2 is 1.94 bits per heavy atom. The highest BCUT2D eigenvalue weighted by atomic mass is 16.4. The molecule has 0 heterocycles. The molecule has 0 bridgehead atoms. The lowest BCUT2D eigenvalue weighted by molar-refractivity contribution is -0.139. The van der Waals surface area contributed by atoms with Gasteiger partial charge in [0.15, 0.2) is 0 Å². The fourth-order valence-corrected chi connectivity index (χ4v) is 1.31. The zero-order valence-electron chi connectivity index (χ0n) is 10.5. The number of terminal acetylenes is 1. The highest BCUT2D eigenvalue weighted by Gasteiger charge is 2.21. The van der Waals surface area contributed by atoms with Crippen LogP contribution >= 0.6 is 0 Å². The first-order chi connectivity index (χ1) is 7.90. The summed E-state index contributed by atoms with van der Waals surface area (Å²) < 4.78 is 0. The number of aliphatic carboxylic acids is 1. The van der Waals surface area contributed by atoms with E-state index in [1.54, 1.807) is 0 Å². The van der Waals surface area contributed by atoms with Crippen LogP contribution in [0.2, 0.25) is 0 Å².